The number of amides is 2. The predicted octanol–water partition coefficient (Wildman–Crippen LogP) is 1.55. The monoisotopic (exact) mass is 298 g/mol. The van der Waals surface area contributed by atoms with E-state index in [0.29, 0.717) is 25.6 Å². The van der Waals surface area contributed by atoms with Crippen molar-refractivity contribution in [3.05, 3.63) is 0 Å². The van der Waals surface area contributed by atoms with Gasteiger partial charge in [0, 0.05) is 6.54 Å². The van der Waals surface area contributed by atoms with Crippen LogP contribution >= 0.6 is 0 Å². The number of carbonyl (C=O) groups excluding carboxylic acids is 1. The molecule has 120 valence electrons. The standard InChI is InChI=1S/C15H26N2O4/c1-13(2)10(14(13,3)4)6-16-12(20)17-8-15(5,9-17)21-7-11(18)19/h10H,6-9H2,1-5H3,(H,16,20)(H,18,19). The highest BCUT2D eigenvalue weighted by Gasteiger charge is 2.64. The fourth-order valence-electron chi connectivity index (χ4n) is 3.38. The summed E-state index contributed by atoms with van der Waals surface area (Å²) in [6, 6.07) is -0.0927. The third-order valence-electron chi connectivity index (χ3n) is 5.66. The summed E-state index contributed by atoms with van der Waals surface area (Å²) >= 11 is 0. The third-order valence-corrected chi connectivity index (χ3v) is 5.66. The molecule has 0 unspecified atom stereocenters. The van der Waals surface area contributed by atoms with Crippen LogP contribution in [0.1, 0.15) is 34.6 Å². The Balaban J connectivity index is 1.72. The summed E-state index contributed by atoms with van der Waals surface area (Å²) in [4.78, 5) is 24.2. The molecule has 0 aromatic rings. The molecule has 1 aliphatic carbocycles. The van der Waals surface area contributed by atoms with Gasteiger partial charge in [-0.05, 0) is 23.7 Å². The van der Waals surface area contributed by atoms with Crippen molar-refractivity contribution in [1.82, 2.24) is 10.2 Å². The van der Waals surface area contributed by atoms with Crippen LogP contribution in [0.5, 0.6) is 0 Å². The molecule has 2 aliphatic rings. The van der Waals surface area contributed by atoms with Crippen molar-refractivity contribution in [2.75, 3.05) is 26.2 Å². The number of likely N-dealkylation sites (tertiary alicyclic amines) is 1. The smallest absolute Gasteiger partial charge is 0.329 e. The lowest BCUT2D eigenvalue weighted by molar-refractivity contribution is -0.159. The van der Waals surface area contributed by atoms with E-state index in [1.807, 2.05) is 6.92 Å². The number of nitrogens with zero attached hydrogens (tertiary/aromatic N) is 1. The van der Waals surface area contributed by atoms with E-state index in [4.69, 9.17) is 9.84 Å². The summed E-state index contributed by atoms with van der Waals surface area (Å²) in [6.45, 7) is 12.0. The summed E-state index contributed by atoms with van der Waals surface area (Å²) in [5.74, 6) is -0.498. The van der Waals surface area contributed by atoms with E-state index in [1.165, 1.54) is 0 Å². The van der Waals surface area contributed by atoms with Gasteiger partial charge in [-0.1, -0.05) is 27.7 Å². The normalized spacial score (nSPS) is 25.1. The van der Waals surface area contributed by atoms with Gasteiger partial charge in [-0.15, -0.1) is 0 Å². The maximum atomic E-state index is 12.0. The molecule has 21 heavy (non-hydrogen) atoms. The van der Waals surface area contributed by atoms with Crippen LogP contribution in [-0.2, 0) is 9.53 Å². The Labute approximate surface area is 125 Å². The minimum atomic E-state index is -0.989. The van der Waals surface area contributed by atoms with Crippen LogP contribution in [0.25, 0.3) is 0 Å². The molecule has 2 fully saturated rings. The number of carboxylic acid groups (broad SMARTS) is 1. The van der Waals surface area contributed by atoms with E-state index in [1.54, 1.807) is 4.90 Å². The van der Waals surface area contributed by atoms with Gasteiger partial charge in [-0.3, -0.25) is 0 Å². The average molecular weight is 298 g/mol. The van der Waals surface area contributed by atoms with Crippen molar-refractivity contribution in [3.8, 4) is 0 Å². The van der Waals surface area contributed by atoms with Crippen LogP contribution in [0, 0.1) is 16.7 Å². The Morgan fingerprint density at radius 2 is 1.71 bits per heavy atom. The van der Waals surface area contributed by atoms with Gasteiger partial charge in [0.05, 0.1) is 13.1 Å². The number of carboxylic acids is 1. The third kappa shape index (κ3) is 2.86. The van der Waals surface area contributed by atoms with Gasteiger partial charge in [0.2, 0.25) is 0 Å². The molecule has 1 saturated carbocycles. The van der Waals surface area contributed by atoms with Crippen LogP contribution in [0.15, 0.2) is 0 Å². The van der Waals surface area contributed by atoms with Crippen LogP contribution in [0.4, 0.5) is 4.79 Å². The molecule has 1 aliphatic heterocycles. The first kappa shape index (κ1) is 16.1. The Bertz CT molecular complexity index is 439. The first-order valence-electron chi connectivity index (χ1n) is 7.38. The molecule has 2 rings (SSSR count). The van der Waals surface area contributed by atoms with Gasteiger partial charge in [0.15, 0.2) is 0 Å². The van der Waals surface area contributed by atoms with Gasteiger partial charge in [0.25, 0.3) is 0 Å². The lowest BCUT2D eigenvalue weighted by atomic mass is 9.97. The zero-order valence-corrected chi connectivity index (χ0v) is 13.5. The molecule has 0 atom stereocenters. The zero-order valence-electron chi connectivity index (χ0n) is 13.5. The van der Waals surface area contributed by atoms with Crippen molar-refractivity contribution >= 4 is 12.0 Å². The fourth-order valence-corrected chi connectivity index (χ4v) is 3.38. The minimum Gasteiger partial charge on any atom is -0.480 e. The van der Waals surface area contributed by atoms with Gasteiger partial charge < -0.3 is 20.1 Å². The molecular formula is C15H26N2O4. The molecule has 6 nitrogen and oxygen atoms in total. The predicted molar refractivity (Wildman–Crippen MR) is 78.0 cm³/mol. The van der Waals surface area contributed by atoms with Crippen LogP contribution in [-0.4, -0.2) is 53.8 Å². The molecule has 6 heteroatoms. The average Bonchev–Trinajstić information content (AvgIpc) is 2.70. The number of nitrogens with one attached hydrogen (secondary N) is 1. The number of urea groups is 1. The van der Waals surface area contributed by atoms with Crippen LogP contribution < -0.4 is 5.32 Å². The van der Waals surface area contributed by atoms with E-state index in [9.17, 15) is 9.59 Å². The summed E-state index contributed by atoms with van der Waals surface area (Å²) in [5, 5.41) is 11.6. The number of aliphatic carboxylic acids is 1. The number of rotatable bonds is 5. The fraction of sp³-hybridized carbons (Fsp3) is 0.867. The highest BCUT2D eigenvalue weighted by Crippen LogP contribution is 2.67. The van der Waals surface area contributed by atoms with Gasteiger partial charge in [-0.2, -0.15) is 0 Å². The zero-order chi connectivity index (χ0) is 16.1. The largest absolute Gasteiger partial charge is 0.480 e. The molecule has 0 radical (unpaired) electrons. The lowest BCUT2D eigenvalue weighted by Gasteiger charge is -2.47. The summed E-state index contributed by atoms with van der Waals surface area (Å²) in [6.07, 6.45) is 0. The topological polar surface area (TPSA) is 78.9 Å². The van der Waals surface area contributed by atoms with E-state index < -0.39 is 11.6 Å². The van der Waals surface area contributed by atoms with Crippen molar-refractivity contribution in [1.29, 1.82) is 0 Å². The number of hydrogen-bond acceptors (Lipinski definition) is 3. The molecule has 1 saturated heterocycles. The first-order chi connectivity index (χ1) is 9.49. The number of ether oxygens (including phenoxy) is 1. The molecule has 0 bridgehead atoms. The Morgan fingerprint density at radius 3 is 2.14 bits per heavy atom. The van der Waals surface area contributed by atoms with E-state index in [0.717, 1.165) is 0 Å². The van der Waals surface area contributed by atoms with Crippen molar-refractivity contribution in [2.45, 2.75) is 40.2 Å². The van der Waals surface area contributed by atoms with Crippen LogP contribution in [0.2, 0.25) is 0 Å². The molecule has 2 N–H and O–H groups in total. The van der Waals surface area contributed by atoms with Crippen molar-refractivity contribution in [2.24, 2.45) is 16.7 Å². The van der Waals surface area contributed by atoms with Gasteiger partial charge in [-0.25, -0.2) is 9.59 Å². The van der Waals surface area contributed by atoms with E-state index >= 15 is 0 Å². The second-order valence-corrected chi connectivity index (χ2v) is 7.67. The Hall–Kier alpha value is -1.30. The maximum Gasteiger partial charge on any atom is 0.329 e. The highest BCUT2D eigenvalue weighted by molar-refractivity contribution is 5.75. The van der Waals surface area contributed by atoms with Crippen LogP contribution in [0.3, 0.4) is 0 Å². The molecule has 0 aromatic heterocycles. The molecule has 1 heterocycles. The summed E-state index contributed by atoms with van der Waals surface area (Å²) in [5.41, 5.74) is -0.0173. The SMILES string of the molecule is CC1(OCC(=O)O)CN(C(=O)NCC2C(C)(C)C2(C)C)C1. The lowest BCUT2D eigenvalue weighted by Crippen LogP contribution is -2.65. The molecule has 0 spiro atoms. The summed E-state index contributed by atoms with van der Waals surface area (Å²) < 4.78 is 5.29. The van der Waals surface area contributed by atoms with Crippen molar-refractivity contribution in [3.63, 3.8) is 0 Å². The second kappa shape index (κ2) is 4.87. The first-order valence-corrected chi connectivity index (χ1v) is 7.38. The number of hydrogen-bond donors (Lipinski definition) is 2. The Morgan fingerprint density at radius 1 is 1.19 bits per heavy atom. The van der Waals surface area contributed by atoms with E-state index in [-0.39, 0.29) is 23.5 Å². The minimum absolute atomic E-state index is 0.0927. The quantitative estimate of drug-likeness (QED) is 0.807. The van der Waals surface area contributed by atoms with E-state index in [2.05, 4.69) is 33.0 Å². The van der Waals surface area contributed by atoms with Crippen molar-refractivity contribution < 1.29 is 19.4 Å². The van der Waals surface area contributed by atoms with Gasteiger partial charge >= 0.3 is 12.0 Å². The van der Waals surface area contributed by atoms with Gasteiger partial charge in [0.1, 0.15) is 12.2 Å². The molecule has 0 aromatic carbocycles. The summed E-state index contributed by atoms with van der Waals surface area (Å²) in [7, 11) is 0. The highest BCUT2D eigenvalue weighted by atomic mass is 16.5. The molecule has 2 amide bonds. The maximum absolute atomic E-state index is 12.0. The molecular weight excluding hydrogens is 272 g/mol. The number of carbonyl (C=O) groups is 2. The second-order valence-electron chi connectivity index (χ2n) is 7.67. The Kier molecular flexibility index (Phi) is 3.72.